The van der Waals surface area contributed by atoms with E-state index < -0.39 is 6.10 Å². The number of rotatable bonds is 12. The molecule has 1 heterocycles. The van der Waals surface area contributed by atoms with E-state index in [0.717, 1.165) is 12.0 Å². The Hall–Kier alpha value is -0.870. The number of aliphatic hydroxyl groups is 1. The second-order valence-corrected chi connectivity index (χ2v) is 8.60. The van der Waals surface area contributed by atoms with Crippen LogP contribution in [0.2, 0.25) is 5.02 Å². The van der Waals surface area contributed by atoms with Gasteiger partial charge in [0.2, 0.25) is 0 Å². The van der Waals surface area contributed by atoms with E-state index in [0.29, 0.717) is 17.6 Å². The second-order valence-electron chi connectivity index (χ2n) is 7.17. The van der Waals surface area contributed by atoms with Gasteiger partial charge in [0.1, 0.15) is 0 Å². The highest BCUT2D eigenvalue weighted by atomic mass is 35.5. The Kier molecular flexibility index (Phi) is 9.69. The molecule has 2 aromatic rings. The molecule has 0 spiro atoms. The van der Waals surface area contributed by atoms with Gasteiger partial charge in [0.05, 0.1) is 6.10 Å². The lowest BCUT2D eigenvalue weighted by Crippen LogP contribution is -2.31. The van der Waals surface area contributed by atoms with Crippen molar-refractivity contribution in [1.82, 2.24) is 5.32 Å². The number of halogens is 1. The first-order valence-electron chi connectivity index (χ1n) is 9.81. The summed E-state index contributed by atoms with van der Waals surface area (Å²) < 4.78 is 0. The Morgan fingerprint density at radius 1 is 1.15 bits per heavy atom. The SMILES string of the molecule is CCCCCCCc1csc(CC(C)NCC(O)c2cccc(Cl)c2)c1. The summed E-state index contributed by atoms with van der Waals surface area (Å²) in [5, 5.41) is 16.7. The van der Waals surface area contributed by atoms with Crippen LogP contribution in [-0.2, 0) is 12.8 Å². The fraction of sp³-hybridized carbons (Fsp3) is 0.545. The van der Waals surface area contributed by atoms with Crippen LogP contribution in [0.25, 0.3) is 0 Å². The van der Waals surface area contributed by atoms with E-state index in [-0.39, 0.29) is 0 Å². The van der Waals surface area contributed by atoms with Crippen molar-refractivity contribution in [3.8, 4) is 0 Å². The molecule has 4 heteroatoms. The molecule has 0 aliphatic rings. The Morgan fingerprint density at radius 3 is 2.73 bits per heavy atom. The Bertz CT molecular complexity index is 643. The molecule has 0 amide bonds. The standard InChI is InChI=1S/C22H32ClNOS/c1-3-4-5-6-7-9-18-13-21(26-16-18)12-17(2)24-15-22(25)19-10-8-11-20(23)14-19/h8,10-11,13-14,16-17,22,24-25H,3-7,9,12,15H2,1-2H3. The van der Waals surface area contributed by atoms with E-state index in [1.165, 1.54) is 49.0 Å². The van der Waals surface area contributed by atoms with Crippen molar-refractivity contribution in [2.75, 3.05) is 6.54 Å². The van der Waals surface area contributed by atoms with Crippen molar-refractivity contribution in [3.63, 3.8) is 0 Å². The van der Waals surface area contributed by atoms with Crippen LogP contribution in [0, 0.1) is 0 Å². The highest BCUT2D eigenvalue weighted by Crippen LogP contribution is 2.20. The van der Waals surface area contributed by atoms with Gasteiger partial charge in [-0.25, -0.2) is 0 Å². The third kappa shape index (κ3) is 7.79. The van der Waals surface area contributed by atoms with E-state index in [4.69, 9.17) is 11.6 Å². The maximum Gasteiger partial charge on any atom is 0.0914 e. The smallest absolute Gasteiger partial charge is 0.0914 e. The first-order chi connectivity index (χ1) is 12.6. The molecule has 0 bridgehead atoms. The highest BCUT2D eigenvalue weighted by Gasteiger charge is 2.11. The van der Waals surface area contributed by atoms with Crippen molar-refractivity contribution in [3.05, 3.63) is 56.7 Å². The summed E-state index contributed by atoms with van der Waals surface area (Å²) in [4.78, 5) is 1.42. The molecule has 0 saturated heterocycles. The van der Waals surface area contributed by atoms with Crippen molar-refractivity contribution in [2.24, 2.45) is 0 Å². The van der Waals surface area contributed by atoms with E-state index in [1.54, 1.807) is 0 Å². The molecule has 0 radical (unpaired) electrons. The van der Waals surface area contributed by atoms with Crippen LogP contribution in [0.3, 0.4) is 0 Å². The quantitative estimate of drug-likeness (QED) is 0.422. The summed E-state index contributed by atoms with van der Waals surface area (Å²) in [6.07, 6.45) is 8.35. The Balaban J connectivity index is 1.70. The summed E-state index contributed by atoms with van der Waals surface area (Å²) in [6, 6.07) is 10.1. The van der Waals surface area contributed by atoms with Gasteiger partial charge < -0.3 is 10.4 Å². The summed E-state index contributed by atoms with van der Waals surface area (Å²) in [5.74, 6) is 0. The van der Waals surface area contributed by atoms with Gasteiger partial charge in [0.15, 0.2) is 0 Å². The Labute approximate surface area is 167 Å². The lowest BCUT2D eigenvalue weighted by Gasteiger charge is -2.17. The Morgan fingerprint density at radius 2 is 1.96 bits per heavy atom. The van der Waals surface area contributed by atoms with Crippen LogP contribution < -0.4 is 5.32 Å². The minimum atomic E-state index is -0.529. The van der Waals surface area contributed by atoms with Gasteiger partial charge in [0.25, 0.3) is 0 Å². The normalized spacial score (nSPS) is 13.7. The molecule has 144 valence electrons. The molecule has 1 aromatic carbocycles. The fourth-order valence-electron chi connectivity index (χ4n) is 3.12. The molecule has 2 N–H and O–H groups in total. The minimum Gasteiger partial charge on any atom is -0.387 e. The zero-order chi connectivity index (χ0) is 18.8. The van der Waals surface area contributed by atoms with Crippen LogP contribution in [-0.4, -0.2) is 17.7 Å². The fourth-order valence-corrected chi connectivity index (χ4v) is 4.37. The minimum absolute atomic E-state index is 0.333. The van der Waals surface area contributed by atoms with Crippen molar-refractivity contribution in [2.45, 2.75) is 70.9 Å². The van der Waals surface area contributed by atoms with E-state index in [9.17, 15) is 5.11 Å². The number of unbranched alkanes of at least 4 members (excludes halogenated alkanes) is 4. The van der Waals surface area contributed by atoms with Gasteiger partial charge in [-0.2, -0.15) is 0 Å². The van der Waals surface area contributed by atoms with Crippen LogP contribution in [0.4, 0.5) is 0 Å². The molecule has 2 unspecified atom stereocenters. The molecule has 1 aromatic heterocycles. The van der Waals surface area contributed by atoms with Crippen molar-refractivity contribution < 1.29 is 5.11 Å². The number of benzene rings is 1. The number of nitrogens with one attached hydrogen (secondary N) is 1. The monoisotopic (exact) mass is 393 g/mol. The maximum atomic E-state index is 10.3. The summed E-state index contributed by atoms with van der Waals surface area (Å²) in [5.41, 5.74) is 2.34. The number of aliphatic hydroxyl groups excluding tert-OH is 1. The zero-order valence-corrected chi connectivity index (χ0v) is 17.6. The lowest BCUT2D eigenvalue weighted by molar-refractivity contribution is 0.170. The lowest BCUT2D eigenvalue weighted by atomic mass is 10.1. The van der Waals surface area contributed by atoms with Crippen LogP contribution >= 0.6 is 22.9 Å². The summed E-state index contributed by atoms with van der Waals surface area (Å²) >= 11 is 7.85. The molecule has 26 heavy (non-hydrogen) atoms. The zero-order valence-electron chi connectivity index (χ0n) is 16.0. The molecular weight excluding hydrogens is 362 g/mol. The highest BCUT2D eigenvalue weighted by molar-refractivity contribution is 7.10. The summed E-state index contributed by atoms with van der Waals surface area (Å²) in [6.45, 7) is 4.97. The summed E-state index contributed by atoms with van der Waals surface area (Å²) in [7, 11) is 0. The van der Waals surface area contributed by atoms with Gasteiger partial charge in [-0.1, -0.05) is 56.3 Å². The van der Waals surface area contributed by atoms with Crippen molar-refractivity contribution in [1.29, 1.82) is 0 Å². The molecule has 2 atom stereocenters. The van der Waals surface area contributed by atoms with Crippen LogP contribution in [0.5, 0.6) is 0 Å². The van der Waals surface area contributed by atoms with Gasteiger partial charge >= 0.3 is 0 Å². The molecule has 0 aliphatic carbocycles. The molecular formula is C22H32ClNOS. The van der Waals surface area contributed by atoms with Crippen LogP contribution in [0.1, 0.15) is 68.1 Å². The first-order valence-corrected chi connectivity index (χ1v) is 11.1. The first kappa shape index (κ1) is 21.4. The second kappa shape index (κ2) is 11.8. The third-order valence-electron chi connectivity index (χ3n) is 4.68. The average Bonchev–Trinajstić information content (AvgIpc) is 3.06. The van der Waals surface area contributed by atoms with Gasteiger partial charge in [-0.3, -0.25) is 0 Å². The average molecular weight is 394 g/mol. The number of thiophene rings is 1. The van der Waals surface area contributed by atoms with Gasteiger partial charge in [-0.05, 0) is 60.9 Å². The number of hydrogen-bond donors (Lipinski definition) is 2. The van der Waals surface area contributed by atoms with Crippen molar-refractivity contribution >= 4 is 22.9 Å². The number of hydrogen-bond acceptors (Lipinski definition) is 3. The van der Waals surface area contributed by atoms with E-state index in [2.05, 4.69) is 30.6 Å². The van der Waals surface area contributed by atoms with E-state index >= 15 is 0 Å². The predicted octanol–water partition coefficient (Wildman–Crippen LogP) is 6.17. The maximum absolute atomic E-state index is 10.3. The third-order valence-corrected chi connectivity index (χ3v) is 5.92. The molecule has 0 aliphatic heterocycles. The van der Waals surface area contributed by atoms with Gasteiger partial charge in [0, 0.05) is 22.5 Å². The largest absolute Gasteiger partial charge is 0.387 e. The predicted molar refractivity (Wildman–Crippen MR) is 114 cm³/mol. The topological polar surface area (TPSA) is 32.3 Å². The molecule has 0 saturated carbocycles. The number of aryl methyl sites for hydroxylation is 1. The van der Waals surface area contributed by atoms with Crippen LogP contribution in [0.15, 0.2) is 35.7 Å². The van der Waals surface area contributed by atoms with Gasteiger partial charge in [-0.15, -0.1) is 11.3 Å². The molecule has 2 nitrogen and oxygen atoms in total. The van der Waals surface area contributed by atoms with E-state index in [1.807, 2.05) is 35.6 Å². The molecule has 0 fully saturated rings. The molecule has 2 rings (SSSR count).